The van der Waals surface area contributed by atoms with Gasteiger partial charge in [0.1, 0.15) is 0 Å². The van der Waals surface area contributed by atoms with E-state index in [0.717, 1.165) is 18.5 Å². The van der Waals surface area contributed by atoms with Crippen molar-refractivity contribution in [1.82, 2.24) is 5.32 Å². The van der Waals surface area contributed by atoms with Crippen molar-refractivity contribution in [3.8, 4) is 0 Å². The summed E-state index contributed by atoms with van der Waals surface area (Å²) in [5, 5.41) is 13.6. The van der Waals surface area contributed by atoms with Gasteiger partial charge in [-0.3, -0.25) is 0 Å². The van der Waals surface area contributed by atoms with Crippen molar-refractivity contribution in [1.29, 1.82) is 0 Å². The van der Waals surface area contributed by atoms with Crippen molar-refractivity contribution >= 4 is 23.2 Å². The van der Waals surface area contributed by atoms with Gasteiger partial charge in [-0.1, -0.05) is 29.3 Å². The number of hydrogen-bond donors (Lipinski definition) is 2. The van der Waals surface area contributed by atoms with Gasteiger partial charge < -0.3 is 10.4 Å². The van der Waals surface area contributed by atoms with Crippen LogP contribution in [0.1, 0.15) is 18.9 Å². The highest BCUT2D eigenvalue weighted by molar-refractivity contribution is 6.35. The Hall–Kier alpha value is -0.280. The summed E-state index contributed by atoms with van der Waals surface area (Å²) < 4.78 is 0. The zero-order chi connectivity index (χ0) is 11.3. The molecular weight excluding hydrogens is 233 g/mol. The summed E-state index contributed by atoms with van der Waals surface area (Å²) in [6, 6.07) is 5.45. The van der Waals surface area contributed by atoms with Crippen molar-refractivity contribution < 1.29 is 5.11 Å². The molecule has 0 radical (unpaired) electrons. The second-order valence-corrected chi connectivity index (χ2v) is 4.39. The smallest absolute Gasteiger partial charge is 0.0524 e. The van der Waals surface area contributed by atoms with Gasteiger partial charge in [-0.05, 0) is 37.6 Å². The number of benzene rings is 1. The van der Waals surface area contributed by atoms with Gasteiger partial charge in [0.25, 0.3) is 0 Å². The molecule has 1 rings (SSSR count). The summed E-state index contributed by atoms with van der Waals surface area (Å²) in [5.74, 6) is 0. The summed E-state index contributed by atoms with van der Waals surface area (Å²) in [5.41, 5.74) is 1.02. The van der Waals surface area contributed by atoms with Crippen LogP contribution in [0.15, 0.2) is 18.2 Å². The number of aliphatic hydroxyl groups excluding tert-OH is 1. The quantitative estimate of drug-likeness (QED) is 0.785. The molecular formula is C11H15Cl2NO. The molecule has 0 aliphatic heterocycles. The molecule has 0 amide bonds. The molecule has 0 saturated heterocycles. The average molecular weight is 248 g/mol. The Morgan fingerprint density at radius 3 is 2.73 bits per heavy atom. The van der Waals surface area contributed by atoms with Crippen molar-refractivity contribution in [2.45, 2.75) is 26.0 Å². The van der Waals surface area contributed by atoms with E-state index in [9.17, 15) is 0 Å². The van der Waals surface area contributed by atoms with E-state index in [1.165, 1.54) is 0 Å². The number of hydrogen-bond acceptors (Lipinski definition) is 2. The van der Waals surface area contributed by atoms with E-state index in [1.807, 2.05) is 12.1 Å². The van der Waals surface area contributed by atoms with Gasteiger partial charge in [0, 0.05) is 16.6 Å². The summed E-state index contributed by atoms with van der Waals surface area (Å²) in [6.45, 7) is 3.25. The fourth-order valence-corrected chi connectivity index (χ4v) is 1.67. The standard InChI is InChI=1S/C11H15Cl2NO/c1-8(15)4-5-14-7-9-2-3-10(12)6-11(9)13/h2-3,6,8,14-15H,4-5,7H2,1H3/t8-/m0/s1. The second kappa shape index (κ2) is 6.33. The lowest BCUT2D eigenvalue weighted by Crippen LogP contribution is -2.18. The Morgan fingerprint density at radius 1 is 1.40 bits per heavy atom. The lowest BCUT2D eigenvalue weighted by atomic mass is 10.2. The van der Waals surface area contributed by atoms with Crippen molar-refractivity contribution in [3.63, 3.8) is 0 Å². The van der Waals surface area contributed by atoms with E-state index < -0.39 is 0 Å². The summed E-state index contributed by atoms with van der Waals surface area (Å²) in [6.07, 6.45) is 0.476. The van der Waals surface area contributed by atoms with Crippen LogP contribution in [0.2, 0.25) is 10.0 Å². The highest BCUT2D eigenvalue weighted by Gasteiger charge is 2.01. The molecule has 1 aromatic carbocycles. The first kappa shape index (κ1) is 12.8. The van der Waals surface area contributed by atoms with E-state index in [1.54, 1.807) is 13.0 Å². The lowest BCUT2D eigenvalue weighted by molar-refractivity contribution is 0.183. The molecule has 84 valence electrons. The third kappa shape index (κ3) is 4.85. The van der Waals surface area contributed by atoms with Crippen molar-refractivity contribution in [2.24, 2.45) is 0 Å². The Labute approximate surface area is 100 Å². The van der Waals surface area contributed by atoms with Gasteiger partial charge in [-0.25, -0.2) is 0 Å². The van der Waals surface area contributed by atoms with E-state index >= 15 is 0 Å². The van der Waals surface area contributed by atoms with Crippen LogP contribution in [0, 0.1) is 0 Å². The summed E-state index contributed by atoms with van der Waals surface area (Å²) in [7, 11) is 0. The van der Waals surface area contributed by atoms with Crippen LogP contribution in [0.3, 0.4) is 0 Å². The summed E-state index contributed by atoms with van der Waals surface area (Å²) in [4.78, 5) is 0. The molecule has 0 aliphatic rings. The minimum Gasteiger partial charge on any atom is -0.393 e. The number of halogens is 2. The molecule has 0 bridgehead atoms. The molecule has 0 fully saturated rings. The predicted molar refractivity (Wildman–Crippen MR) is 64.5 cm³/mol. The monoisotopic (exact) mass is 247 g/mol. The lowest BCUT2D eigenvalue weighted by Gasteiger charge is -2.08. The van der Waals surface area contributed by atoms with Gasteiger partial charge in [-0.2, -0.15) is 0 Å². The van der Waals surface area contributed by atoms with Crippen molar-refractivity contribution in [2.75, 3.05) is 6.54 Å². The van der Waals surface area contributed by atoms with Crippen molar-refractivity contribution in [3.05, 3.63) is 33.8 Å². The topological polar surface area (TPSA) is 32.3 Å². The molecule has 15 heavy (non-hydrogen) atoms. The average Bonchev–Trinajstić information content (AvgIpc) is 2.14. The van der Waals surface area contributed by atoms with Crippen LogP contribution < -0.4 is 5.32 Å². The maximum Gasteiger partial charge on any atom is 0.0524 e. The molecule has 2 nitrogen and oxygen atoms in total. The molecule has 0 saturated carbocycles. The normalized spacial score (nSPS) is 12.8. The molecule has 1 aromatic rings. The van der Waals surface area contributed by atoms with E-state index in [-0.39, 0.29) is 6.10 Å². The SMILES string of the molecule is C[C@H](O)CCNCc1ccc(Cl)cc1Cl. The van der Waals surface area contributed by atoms with E-state index in [2.05, 4.69) is 5.32 Å². The Kier molecular flexibility index (Phi) is 5.40. The maximum absolute atomic E-state index is 9.06. The molecule has 0 heterocycles. The first-order valence-electron chi connectivity index (χ1n) is 4.92. The molecule has 0 unspecified atom stereocenters. The maximum atomic E-state index is 9.06. The number of nitrogens with one attached hydrogen (secondary N) is 1. The summed E-state index contributed by atoms with van der Waals surface area (Å²) >= 11 is 11.8. The van der Waals surface area contributed by atoms with E-state index in [4.69, 9.17) is 28.3 Å². The molecule has 2 N–H and O–H groups in total. The molecule has 1 atom stereocenters. The third-order valence-corrected chi connectivity index (χ3v) is 2.66. The first-order chi connectivity index (χ1) is 7.09. The molecule has 0 aromatic heterocycles. The van der Waals surface area contributed by atoms with Crippen LogP contribution in [0.25, 0.3) is 0 Å². The van der Waals surface area contributed by atoms with E-state index in [0.29, 0.717) is 16.6 Å². The minimum atomic E-state index is -0.266. The highest BCUT2D eigenvalue weighted by Crippen LogP contribution is 2.20. The van der Waals surface area contributed by atoms with Crippen LogP contribution in [0.5, 0.6) is 0 Å². The van der Waals surface area contributed by atoms with Gasteiger partial charge in [0.2, 0.25) is 0 Å². The number of aliphatic hydroxyl groups is 1. The first-order valence-corrected chi connectivity index (χ1v) is 5.68. The molecule has 4 heteroatoms. The van der Waals surface area contributed by atoms with Crippen LogP contribution in [-0.4, -0.2) is 17.8 Å². The molecule has 0 aliphatic carbocycles. The number of rotatable bonds is 5. The largest absolute Gasteiger partial charge is 0.393 e. The Balaban J connectivity index is 2.37. The Morgan fingerprint density at radius 2 is 2.13 bits per heavy atom. The van der Waals surface area contributed by atoms with Gasteiger partial charge >= 0.3 is 0 Å². The van der Waals surface area contributed by atoms with Gasteiger partial charge in [0.15, 0.2) is 0 Å². The predicted octanol–water partition coefficient (Wildman–Crippen LogP) is 2.85. The second-order valence-electron chi connectivity index (χ2n) is 3.55. The van der Waals surface area contributed by atoms with Crippen LogP contribution in [0.4, 0.5) is 0 Å². The zero-order valence-electron chi connectivity index (χ0n) is 8.63. The van der Waals surface area contributed by atoms with Gasteiger partial charge in [-0.15, -0.1) is 0 Å². The minimum absolute atomic E-state index is 0.266. The fraction of sp³-hybridized carbons (Fsp3) is 0.455. The Bertz CT molecular complexity index is 315. The van der Waals surface area contributed by atoms with Crippen LogP contribution >= 0.6 is 23.2 Å². The third-order valence-electron chi connectivity index (χ3n) is 2.07. The highest BCUT2D eigenvalue weighted by atomic mass is 35.5. The zero-order valence-corrected chi connectivity index (χ0v) is 10.1. The molecule has 0 spiro atoms. The van der Waals surface area contributed by atoms with Crippen LogP contribution in [-0.2, 0) is 6.54 Å². The van der Waals surface area contributed by atoms with Gasteiger partial charge in [0.05, 0.1) is 6.10 Å². The fourth-order valence-electron chi connectivity index (χ4n) is 1.20.